The van der Waals surface area contributed by atoms with Crippen molar-refractivity contribution in [1.82, 2.24) is 25.1 Å². The first-order chi connectivity index (χ1) is 10.4. The first-order valence-corrected chi connectivity index (χ1v) is 4.89. The van der Waals surface area contributed by atoms with Gasteiger partial charge in [0.15, 0.2) is 0 Å². The van der Waals surface area contributed by atoms with Crippen molar-refractivity contribution in [3.05, 3.63) is 42.8 Å². The SMILES string of the molecule is O=C(O)c1nc([N+](=O)[O-])c([N+](=O)[O-])[nH]1.[N-]=[N+]=Nc1nc[nH]n1. The Bertz CT molecular complexity index is 711. The maximum atomic E-state index is 10.3. The number of aromatic nitrogens is 5. The van der Waals surface area contributed by atoms with Gasteiger partial charge in [0.1, 0.15) is 6.33 Å². The van der Waals surface area contributed by atoms with Gasteiger partial charge < -0.3 is 25.3 Å². The highest BCUT2D eigenvalue weighted by Gasteiger charge is 2.34. The van der Waals surface area contributed by atoms with Crippen molar-refractivity contribution >= 4 is 23.6 Å². The third kappa shape index (κ3) is 3.96. The molecule has 16 heteroatoms. The second kappa shape index (κ2) is 6.91. The molecule has 2 aromatic rings. The second-order valence-electron chi connectivity index (χ2n) is 3.07. The summed E-state index contributed by atoms with van der Waals surface area (Å²) in [5.74, 6) is -4.50. The number of H-pyrrole nitrogens is 2. The lowest BCUT2D eigenvalue weighted by Gasteiger charge is -1.88. The normalized spacial score (nSPS) is 9.09. The van der Waals surface area contributed by atoms with Crippen LogP contribution < -0.4 is 0 Å². The van der Waals surface area contributed by atoms with E-state index in [2.05, 4.69) is 30.2 Å². The van der Waals surface area contributed by atoms with E-state index in [1.165, 1.54) is 6.33 Å². The van der Waals surface area contributed by atoms with E-state index in [1.54, 1.807) is 4.98 Å². The van der Waals surface area contributed by atoms with Gasteiger partial charge in [-0.25, -0.2) is 9.78 Å². The third-order valence-corrected chi connectivity index (χ3v) is 1.76. The minimum Gasteiger partial charge on any atom is -0.472 e. The molecule has 0 amide bonds. The molecule has 0 spiro atoms. The smallest absolute Gasteiger partial charge is 0.463 e. The summed E-state index contributed by atoms with van der Waals surface area (Å²) in [6, 6.07) is 0. The molecule has 0 radical (unpaired) electrons. The largest absolute Gasteiger partial charge is 0.472 e. The van der Waals surface area contributed by atoms with Gasteiger partial charge in [-0.1, -0.05) is 0 Å². The highest BCUT2D eigenvalue weighted by Crippen LogP contribution is 2.22. The summed E-state index contributed by atoms with van der Waals surface area (Å²) < 4.78 is 0. The molecule has 0 fully saturated rings. The summed E-state index contributed by atoms with van der Waals surface area (Å²) in [5.41, 5.74) is 7.80. The number of carbonyl (C=O) groups is 1. The average Bonchev–Trinajstić information content (AvgIpc) is 3.08. The molecule has 114 valence electrons. The van der Waals surface area contributed by atoms with Crippen molar-refractivity contribution in [1.29, 1.82) is 0 Å². The van der Waals surface area contributed by atoms with Crippen LogP contribution in [-0.2, 0) is 0 Å². The summed E-state index contributed by atoms with van der Waals surface area (Å²) in [6.45, 7) is 0. The molecule has 0 aromatic carbocycles. The van der Waals surface area contributed by atoms with Gasteiger partial charge in [0.25, 0.3) is 0 Å². The molecule has 0 saturated carbocycles. The fourth-order valence-electron chi connectivity index (χ4n) is 1.00. The predicted octanol–water partition coefficient (Wildman–Crippen LogP) is 0.671. The van der Waals surface area contributed by atoms with Gasteiger partial charge in [0.05, 0.1) is 0 Å². The summed E-state index contributed by atoms with van der Waals surface area (Å²) in [6.07, 6.45) is 1.34. The van der Waals surface area contributed by atoms with Crippen molar-refractivity contribution in [2.24, 2.45) is 5.11 Å². The Balaban J connectivity index is 0.000000255. The van der Waals surface area contributed by atoms with E-state index >= 15 is 0 Å². The van der Waals surface area contributed by atoms with Crippen LogP contribution in [0.1, 0.15) is 10.6 Å². The molecule has 0 atom stereocenters. The molecule has 0 aliphatic rings. The van der Waals surface area contributed by atoms with Crippen LogP contribution in [0.4, 0.5) is 17.6 Å². The summed E-state index contributed by atoms with van der Waals surface area (Å²) >= 11 is 0. The van der Waals surface area contributed by atoms with Crippen LogP contribution in [0.5, 0.6) is 0 Å². The Morgan fingerprint density at radius 1 is 1.41 bits per heavy atom. The minimum absolute atomic E-state index is 0.118. The monoisotopic (exact) mass is 312 g/mol. The number of nitro groups is 2. The lowest BCUT2D eigenvalue weighted by atomic mass is 10.6. The number of nitrogens with zero attached hydrogens (tertiary/aromatic N) is 8. The number of aromatic amines is 2. The molecule has 2 heterocycles. The zero-order chi connectivity index (χ0) is 16.7. The molecule has 0 unspecified atom stereocenters. The number of rotatable bonds is 4. The maximum Gasteiger partial charge on any atom is 0.463 e. The highest BCUT2D eigenvalue weighted by molar-refractivity contribution is 5.84. The van der Waals surface area contributed by atoms with Gasteiger partial charge >= 0.3 is 23.4 Å². The van der Waals surface area contributed by atoms with Gasteiger partial charge in [0.2, 0.25) is 5.95 Å². The first kappa shape index (κ1) is 16.0. The molecule has 2 aromatic heterocycles. The van der Waals surface area contributed by atoms with E-state index in [4.69, 9.17) is 10.6 Å². The van der Waals surface area contributed by atoms with Crippen molar-refractivity contribution in [3.8, 4) is 0 Å². The minimum atomic E-state index is -1.61. The van der Waals surface area contributed by atoms with E-state index in [1.807, 2.05) is 0 Å². The number of nitrogens with one attached hydrogen (secondary N) is 2. The first-order valence-electron chi connectivity index (χ1n) is 4.89. The van der Waals surface area contributed by atoms with Gasteiger partial charge in [-0.2, -0.15) is 10.1 Å². The fraction of sp³-hybridized carbons (Fsp3) is 0. The Hall–Kier alpha value is -4.07. The standard InChI is InChI=1S/C4H2N4O6.C2H2N6/c9-4(10)1-5-2(7(11)12)3(6-1)8(13)14;3-8-7-2-4-1-5-6-2/h(H,5,6)(H,9,10);1H,(H,4,5,6). The number of hydrogen-bond acceptors (Lipinski definition) is 9. The molecule has 0 bridgehead atoms. The molecular weight excluding hydrogens is 308 g/mol. The van der Waals surface area contributed by atoms with Crippen LogP contribution in [0, 0.1) is 20.2 Å². The van der Waals surface area contributed by atoms with Crippen LogP contribution >= 0.6 is 0 Å². The molecule has 3 N–H and O–H groups in total. The van der Waals surface area contributed by atoms with Crippen molar-refractivity contribution < 1.29 is 19.7 Å². The molecule has 22 heavy (non-hydrogen) atoms. The number of carboxylic acids is 1. The second-order valence-corrected chi connectivity index (χ2v) is 3.07. The lowest BCUT2D eigenvalue weighted by Crippen LogP contribution is -1.98. The molecule has 2 rings (SSSR count). The van der Waals surface area contributed by atoms with Gasteiger partial charge in [-0.3, -0.25) is 5.10 Å². The highest BCUT2D eigenvalue weighted by atomic mass is 16.6. The zero-order valence-corrected chi connectivity index (χ0v) is 10.1. The quantitative estimate of drug-likeness (QED) is 0.235. The summed E-state index contributed by atoms with van der Waals surface area (Å²) in [7, 11) is 0. The summed E-state index contributed by atoms with van der Waals surface area (Å²) in [4.78, 5) is 39.0. The van der Waals surface area contributed by atoms with Crippen molar-refractivity contribution in [2.75, 3.05) is 0 Å². The van der Waals surface area contributed by atoms with Crippen LogP contribution in [0.15, 0.2) is 11.4 Å². The van der Waals surface area contributed by atoms with Crippen LogP contribution in [0.2, 0.25) is 0 Å². The number of carboxylic acid groups (broad SMARTS) is 1. The van der Waals surface area contributed by atoms with Crippen LogP contribution in [0.25, 0.3) is 10.4 Å². The van der Waals surface area contributed by atoms with Crippen LogP contribution in [0.3, 0.4) is 0 Å². The van der Waals surface area contributed by atoms with Crippen LogP contribution in [-0.4, -0.2) is 46.1 Å². The Morgan fingerprint density at radius 2 is 2.09 bits per heavy atom. The van der Waals surface area contributed by atoms with Gasteiger partial charge in [-0.15, -0.1) is 0 Å². The Morgan fingerprint density at radius 3 is 2.45 bits per heavy atom. The van der Waals surface area contributed by atoms with Gasteiger partial charge in [0, 0.05) is 9.90 Å². The topological polar surface area (TPSA) is 243 Å². The summed E-state index contributed by atoms with van der Waals surface area (Å²) in [5, 5.41) is 37.7. The van der Waals surface area contributed by atoms with Crippen molar-refractivity contribution in [3.63, 3.8) is 0 Å². The molecular formula is C6H4N10O6. The van der Waals surface area contributed by atoms with E-state index in [-0.39, 0.29) is 5.95 Å². The Kier molecular flexibility index (Phi) is 5.02. The number of hydrogen-bond donors (Lipinski definition) is 3. The lowest BCUT2D eigenvalue weighted by molar-refractivity contribution is -0.427. The van der Waals surface area contributed by atoms with Crippen molar-refractivity contribution in [2.45, 2.75) is 0 Å². The number of imidazole rings is 1. The molecule has 0 saturated heterocycles. The maximum absolute atomic E-state index is 10.3. The molecule has 0 aliphatic carbocycles. The Labute approximate surface area is 117 Å². The van der Waals surface area contributed by atoms with E-state index < -0.39 is 33.3 Å². The average molecular weight is 312 g/mol. The zero-order valence-electron chi connectivity index (χ0n) is 10.1. The number of azide groups is 1. The molecule has 16 nitrogen and oxygen atoms in total. The van der Waals surface area contributed by atoms with Gasteiger partial charge in [-0.05, 0) is 20.5 Å². The predicted molar refractivity (Wildman–Crippen MR) is 64.0 cm³/mol. The van der Waals surface area contributed by atoms with E-state index in [0.29, 0.717) is 0 Å². The van der Waals surface area contributed by atoms with E-state index in [9.17, 15) is 25.0 Å². The molecule has 0 aliphatic heterocycles. The van der Waals surface area contributed by atoms with E-state index in [0.717, 1.165) is 0 Å². The third-order valence-electron chi connectivity index (χ3n) is 1.76. The number of aromatic carboxylic acids is 1. The fourth-order valence-corrected chi connectivity index (χ4v) is 1.00.